The number of nitrogens with one attached hydrogen (secondary N) is 2. The van der Waals surface area contributed by atoms with Crippen molar-refractivity contribution in [2.45, 2.75) is 47.1 Å². The fourth-order valence-electron chi connectivity index (χ4n) is 3.43. The smallest absolute Gasteiger partial charge is 0.191 e. The number of guanidine groups is 1. The van der Waals surface area contributed by atoms with Gasteiger partial charge in [0.25, 0.3) is 0 Å². The summed E-state index contributed by atoms with van der Waals surface area (Å²) in [6, 6.07) is 6.33. The molecule has 1 aromatic rings. The van der Waals surface area contributed by atoms with Crippen LogP contribution in [0, 0.1) is 12.8 Å². The molecule has 0 radical (unpaired) electrons. The Kier molecular flexibility index (Phi) is 8.75. The molecular weight excluding hydrogens is 324 g/mol. The van der Waals surface area contributed by atoms with Gasteiger partial charge in [0.05, 0.1) is 13.2 Å². The van der Waals surface area contributed by atoms with Crippen LogP contribution in [0.4, 0.5) is 0 Å². The summed E-state index contributed by atoms with van der Waals surface area (Å²) in [6.07, 6.45) is 2.60. The number of ether oxygens (including phenoxy) is 1. The van der Waals surface area contributed by atoms with Gasteiger partial charge in [-0.15, -0.1) is 0 Å². The molecule has 1 aliphatic heterocycles. The number of aliphatic imine (C=N–C) groups is 1. The Bertz CT molecular complexity index is 573. The lowest BCUT2D eigenvalue weighted by Crippen LogP contribution is -2.44. The van der Waals surface area contributed by atoms with Crippen LogP contribution in [0.5, 0.6) is 5.75 Å². The van der Waals surface area contributed by atoms with E-state index in [-0.39, 0.29) is 0 Å². The quantitative estimate of drug-likeness (QED) is 0.552. The molecule has 0 bridgehead atoms. The summed E-state index contributed by atoms with van der Waals surface area (Å²) >= 11 is 0. The second kappa shape index (κ2) is 11.1. The monoisotopic (exact) mass is 360 g/mol. The third-order valence-corrected chi connectivity index (χ3v) is 4.88. The molecule has 1 saturated heterocycles. The van der Waals surface area contributed by atoms with Crippen molar-refractivity contribution in [1.29, 1.82) is 0 Å². The van der Waals surface area contributed by atoms with Crippen LogP contribution in [-0.4, -0.2) is 50.2 Å². The molecule has 0 spiro atoms. The van der Waals surface area contributed by atoms with E-state index < -0.39 is 0 Å². The minimum Gasteiger partial charge on any atom is -0.494 e. The molecule has 2 N–H and O–H groups in total. The number of piperidine rings is 1. The molecule has 0 saturated carbocycles. The molecule has 1 heterocycles. The second-order valence-electron chi connectivity index (χ2n) is 7.02. The van der Waals surface area contributed by atoms with E-state index in [1.807, 2.05) is 6.92 Å². The van der Waals surface area contributed by atoms with E-state index >= 15 is 0 Å². The zero-order valence-corrected chi connectivity index (χ0v) is 17.0. The Balaban J connectivity index is 1.96. The minimum absolute atomic E-state index is 0.622. The predicted octanol–water partition coefficient (Wildman–Crippen LogP) is 3.18. The van der Waals surface area contributed by atoms with Crippen LogP contribution in [0.25, 0.3) is 0 Å². The molecule has 0 aromatic heterocycles. The summed E-state index contributed by atoms with van der Waals surface area (Å²) in [4.78, 5) is 7.32. The summed E-state index contributed by atoms with van der Waals surface area (Å²) in [6.45, 7) is 15.2. The topological polar surface area (TPSA) is 48.9 Å². The van der Waals surface area contributed by atoms with E-state index in [2.05, 4.69) is 54.5 Å². The Morgan fingerprint density at radius 1 is 1.27 bits per heavy atom. The Labute approximate surface area is 159 Å². The van der Waals surface area contributed by atoms with Gasteiger partial charge in [0.1, 0.15) is 5.75 Å². The standard InChI is InChI=1S/C21H36N4O/c1-5-22-21(23-14-18-9-8-12-25(6-2)16-18)24-15-19-11-10-17(4)13-20(19)26-7-3/h10-11,13,18H,5-9,12,14-16H2,1-4H3,(H2,22,23,24). The molecule has 2 rings (SSSR count). The normalized spacial score (nSPS) is 18.6. The first-order chi connectivity index (χ1) is 12.7. The van der Waals surface area contributed by atoms with Gasteiger partial charge in [-0.05, 0) is 64.3 Å². The average molecular weight is 361 g/mol. The maximum atomic E-state index is 5.77. The van der Waals surface area contributed by atoms with E-state index in [4.69, 9.17) is 9.73 Å². The van der Waals surface area contributed by atoms with Gasteiger partial charge >= 0.3 is 0 Å². The molecule has 0 amide bonds. The molecule has 1 aliphatic rings. The van der Waals surface area contributed by atoms with Gasteiger partial charge in [0.2, 0.25) is 0 Å². The van der Waals surface area contributed by atoms with Crippen molar-refractivity contribution in [3.05, 3.63) is 29.3 Å². The fourth-order valence-corrected chi connectivity index (χ4v) is 3.43. The number of aryl methyl sites for hydroxylation is 1. The minimum atomic E-state index is 0.622. The summed E-state index contributed by atoms with van der Waals surface area (Å²) in [5.41, 5.74) is 2.34. The van der Waals surface area contributed by atoms with Crippen LogP contribution >= 0.6 is 0 Å². The van der Waals surface area contributed by atoms with Crippen LogP contribution in [0.15, 0.2) is 23.2 Å². The molecular formula is C21H36N4O. The van der Waals surface area contributed by atoms with Crippen molar-refractivity contribution >= 4 is 5.96 Å². The van der Waals surface area contributed by atoms with E-state index in [1.165, 1.54) is 31.5 Å². The molecule has 0 aliphatic carbocycles. The maximum absolute atomic E-state index is 5.77. The van der Waals surface area contributed by atoms with Crippen LogP contribution in [-0.2, 0) is 6.54 Å². The lowest BCUT2D eigenvalue weighted by Gasteiger charge is -2.32. The number of benzene rings is 1. The summed E-state index contributed by atoms with van der Waals surface area (Å²) in [5, 5.41) is 6.90. The molecule has 5 nitrogen and oxygen atoms in total. The van der Waals surface area contributed by atoms with Gasteiger partial charge in [0, 0.05) is 25.2 Å². The number of nitrogens with zero attached hydrogens (tertiary/aromatic N) is 2. The van der Waals surface area contributed by atoms with Crippen LogP contribution < -0.4 is 15.4 Å². The zero-order valence-electron chi connectivity index (χ0n) is 17.0. The maximum Gasteiger partial charge on any atom is 0.191 e. The third kappa shape index (κ3) is 6.52. The van der Waals surface area contributed by atoms with Gasteiger partial charge in [-0.3, -0.25) is 0 Å². The summed E-state index contributed by atoms with van der Waals surface area (Å²) in [5.74, 6) is 2.54. The number of hydrogen-bond acceptors (Lipinski definition) is 3. The lowest BCUT2D eigenvalue weighted by molar-refractivity contribution is 0.183. The van der Waals surface area contributed by atoms with Crippen LogP contribution in [0.2, 0.25) is 0 Å². The van der Waals surface area contributed by atoms with E-state index in [9.17, 15) is 0 Å². The third-order valence-electron chi connectivity index (χ3n) is 4.88. The first-order valence-electron chi connectivity index (χ1n) is 10.1. The molecule has 26 heavy (non-hydrogen) atoms. The van der Waals surface area contributed by atoms with Crippen molar-refractivity contribution < 1.29 is 4.74 Å². The van der Waals surface area contributed by atoms with Gasteiger partial charge in [-0.25, -0.2) is 4.99 Å². The van der Waals surface area contributed by atoms with Crippen LogP contribution in [0.1, 0.15) is 44.7 Å². The molecule has 1 unspecified atom stereocenters. The van der Waals surface area contributed by atoms with Gasteiger partial charge in [-0.1, -0.05) is 19.1 Å². The van der Waals surface area contributed by atoms with Gasteiger partial charge in [0.15, 0.2) is 5.96 Å². The highest BCUT2D eigenvalue weighted by Crippen LogP contribution is 2.21. The molecule has 1 aromatic carbocycles. The largest absolute Gasteiger partial charge is 0.494 e. The summed E-state index contributed by atoms with van der Waals surface area (Å²) < 4.78 is 5.77. The van der Waals surface area contributed by atoms with Crippen molar-refractivity contribution in [3.8, 4) is 5.75 Å². The molecule has 1 atom stereocenters. The SMILES string of the molecule is CCNC(=NCc1ccc(C)cc1OCC)NCC1CCCN(CC)C1. The second-order valence-corrected chi connectivity index (χ2v) is 7.02. The van der Waals surface area contributed by atoms with Crippen molar-refractivity contribution in [3.63, 3.8) is 0 Å². The van der Waals surface area contributed by atoms with Crippen LogP contribution in [0.3, 0.4) is 0 Å². The summed E-state index contributed by atoms with van der Waals surface area (Å²) in [7, 11) is 0. The van der Waals surface area contributed by atoms with E-state index in [0.717, 1.165) is 36.9 Å². The van der Waals surface area contributed by atoms with Gasteiger partial charge in [-0.2, -0.15) is 0 Å². The number of rotatable bonds is 8. The van der Waals surface area contributed by atoms with E-state index in [1.54, 1.807) is 0 Å². The Morgan fingerprint density at radius 3 is 2.85 bits per heavy atom. The number of hydrogen-bond donors (Lipinski definition) is 2. The van der Waals surface area contributed by atoms with Crippen molar-refractivity contribution in [2.75, 3.05) is 39.3 Å². The highest BCUT2D eigenvalue weighted by molar-refractivity contribution is 5.79. The predicted molar refractivity (Wildman–Crippen MR) is 110 cm³/mol. The lowest BCUT2D eigenvalue weighted by atomic mass is 9.98. The highest BCUT2D eigenvalue weighted by Gasteiger charge is 2.18. The van der Waals surface area contributed by atoms with E-state index in [0.29, 0.717) is 19.1 Å². The molecule has 5 heteroatoms. The van der Waals surface area contributed by atoms with Crippen molar-refractivity contribution in [1.82, 2.24) is 15.5 Å². The first kappa shape index (κ1) is 20.6. The molecule has 146 valence electrons. The first-order valence-corrected chi connectivity index (χ1v) is 10.1. The highest BCUT2D eigenvalue weighted by atomic mass is 16.5. The Morgan fingerprint density at radius 2 is 2.12 bits per heavy atom. The van der Waals surface area contributed by atoms with Gasteiger partial charge < -0.3 is 20.3 Å². The van der Waals surface area contributed by atoms with Crippen molar-refractivity contribution in [2.24, 2.45) is 10.9 Å². The fraction of sp³-hybridized carbons (Fsp3) is 0.667. The average Bonchev–Trinajstić information content (AvgIpc) is 2.65. The zero-order chi connectivity index (χ0) is 18.8. The molecule has 1 fully saturated rings. The number of likely N-dealkylation sites (tertiary alicyclic amines) is 1. The Hall–Kier alpha value is -1.75.